The monoisotopic (exact) mass is 291 g/mol. The van der Waals surface area contributed by atoms with Gasteiger partial charge in [0.25, 0.3) is 0 Å². The molecule has 3 rings (SSSR count). The van der Waals surface area contributed by atoms with Crippen LogP contribution in [0.4, 0.5) is 0 Å². The Labute approximate surface area is 124 Å². The summed E-state index contributed by atoms with van der Waals surface area (Å²) in [6.07, 6.45) is 3.22. The second kappa shape index (κ2) is 5.78. The molecule has 0 amide bonds. The molecule has 3 nitrogen and oxygen atoms in total. The molecule has 0 radical (unpaired) electrons. The predicted octanol–water partition coefficient (Wildman–Crippen LogP) is 2.89. The van der Waals surface area contributed by atoms with Crippen molar-refractivity contribution in [2.75, 3.05) is 13.1 Å². The maximum absolute atomic E-state index is 11.5. The van der Waals surface area contributed by atoms with Crippen molar-refractivity contribution in [3.05, 3.63) is 29.8 Å². The van der Waals surface area contributed by atoms with Gasteiger partial charge in [0, 0.05) is 16.7 Å². The Hall–Kier alpha value is -1.00. The minimum atomic E-state index is -0.655. The highest BCUT2D eigenvalue weighted by atomic mass is 32.2. The Morgan fingerprint density at radius 1 is 1.45 bits per heavy atom. The Morgan fingerprint density at radius 3 is 3.00 bits per heavy atom. The lowest BCUT2D eigenvalue weighted by atomic mass is 9.90. The van der Waals surface area contributed by atoms with Crippen molar-refractivity contribution in [3.63, 3.8) is 0 Å². The average Bonchev–Trinajstić information content (AvgIpc) is 2.80. The predicted molar refractivity (Wildman–Crippen MR) is 81.2 cm³/mol. The zero-order valence-corrected chi connectivity index (χ0v) is 12.6. The van der Waals surface area contributed by atoms with Gasteiger partial charge in [-0.3, -0.25) is 9.69 Å². The summed E-state index contributed by atoms with van der Waals surface area (Å²) in [5.41, 5.74) is 1.42. The van der Waals surface area contributed by atoms with Gasteiger partial charge in [0.15, 0.2) is 0 Å². The van der Waals surface area contributed by atoms with Gasteiger partial charge >= 0.3 is 5.97 Å². The first-order valence-electron chi connectivity index (χ1n) is 7.36. The first-order valence-corrected chi connectivity index (χ1v) is 8.24. The number of nitrogens with zero attached hydrogens (tertiary/aromatic N) is 1. The molecular formula is C16H21NO2S. The first-order chi connectivity index (χ1) is 9.65. The largest absolute Gasteiger partial charge is 0.480 e. The number of aliphatic carboxylic acids is 1. The number of carboxylic acid groups (broad SMARTS) is 1. The second-order valence-corrected chi connectivity index (χ2v) is 7.29. The quantitative estimate of drug-likeness (QED) is 0.929. The summed E-state index contributed by atoms with van der Waals surface area (Å²) in [5, 5.41) is 9.98. The van der Waals surface area contributed by atoms with E-state index >= 15 is 0 Å². The highest BCUT2D eigenvalue weighted by Gasteiger charge is 2.36. The molecule has 1 aromatic carbocycles. The Bertz CT molecular complexity index is 480. The van der Waals surface area contributed by atoms with Crippen molar-refractivity contribution in [1.82, 2.24) is 4.90 Å². The van der Waals surface area contributed by atoms with E-state index in [9.17, 15) is 9.90 Å². The van der Waals surface area contributed by atoms with Crippen molar-refractivity contribution in [1.29, 1.82) is 0 Å². The maximum Gasteiger partial charge on any atom is 0.321 e. The summed E-state index contributed by atoms with van der Waals surface area (Å²) in [5.74, 6) is -0.396. The van der Waals surface area contributed by atoms with Crippen LogP contribution >= 0.6 is 11.8 Å². The lowest BCUT2D eigenvalue weighted by Gasteiger charge is -2.38. The number of benzene rings is 1. The summed E-state index contributed by atoms with van der Waals surface area (Å²) in [4.78, 5) is 15.1. The van der Waals surface area contributed by atoms with E-state index in [-0.39, 0.29) is 12.0 Å². The third-order valence-corrected chi connectivity index (χ3v) is 5.74. The topological polar surface area (TPSA) is 40.5 Å². The maximum atomic E-state index is 11.5. The van der Waals surface area contributed by atoms with Gasteiger partial charge in [0.2, 0.25) is 0 Å². The zero-order valence-electron chi connectivity index (χ0n) is 11.8. The lowest BCUT2D eigenvalue weighted by Crippen LogP contribution is -2.51. The molecule has 1 N–H and O–H groups in total. The fourth-order valence-corrected chi connectivity index (χ4v) is 4.84. The van der Waals surface area contributed by atoms with E-state index in [0.717, 1.165) is 32.4 Å². The Balaban J connectivity index is 1.67. The number of carboxylic acids is 1. The number of hydrogen-bond donors (Lipinski definition) is 1. The van der Waals surface area contributed by atoms with E-state index in [0.29, 0.717) is 5.25 Å². The van der Waals surface area contributed by atoms with Gasteiger partial charge in [-0.25, -0.2) is 0 Å². The molecule has 20 heavy (non-hydrogen) atoms. The SMILES string of the molecule is CC1CCCN(CC2Cc3ccccc3S2)C1C(=O)O. The van der Waals surface area contributed by atoms with Crippen LogP contribution < -0.4 is 0 Å². The first kappa shape index (κ1) is 14.0. The van der Waals surface area contributed by atoms with Crippen LogP contribution in [0.5, 0.6) is 0 Å². The van der Waals surface area contributed by atoms with Crippen LogP contribution in [-0.4, -0.2) is 40.4 Å². The molecule has 108 valence electrons. The molecule has 0 aromatic heterocycles. The van der Waals surface area contributed by atoms with Crippen molar-refractivity contribution in [2.24, 2.45) is 5.92 Å². The molecule has 2 heterocycles. The molecule has 1 aromatic rings. The van der Waals surface area contributed by atoms with Gasteiger partial charge < -0.3 is 5.11 Å². The molecule has 3 unspecified atom stereocenters. The van der Waals surface area contributed by atoms with E-state index in [4.69, 9.17) is 0 Å². The minimum absolute atomic E-state index is 0.259. The summed E-state index contributed by atoms with van der Waals surface area (Å²) in [6, 6.07) is 8.24. The normalized spacial score (nSPS) is 30.1. The van der Waals surface area contributed by atoms with Gasteiger partial charge in [0.1, 0.15) is 6.04 Å². The summed E-state index contributed by atoms with van der Waals surface area (Å²) >= 11 is 1.91. The van der Waals surface area contributed by atoms with Gasteiger partial charge in [-0.15, -0.1) is 11.8 Å². The molecule has 3 atom stereocenters. The fraction of sp³-hybridized carbons (Fsp3) is 0.562. The lowest BCUT2D eigenvalue weighted by molar-refractivity contribution is -0.146. The fourth-order valence-electron chi connectivity index (χ4n) is 3.49. The summed E-state index contributed by atoms with van der Waals surface area (Å²) in [7, 11) is 0. The molecule has 2 aliphatic rings. The third-order valence-electron chi connectivity index (χ3n) is 4.44. The highest BCUT2D eigenvalue weighted by molar-refractivity contribution is 8.00. The van der Waals surface area contributed by atoms with Crippen LogP contribution in [0.3, 0.4) is 0 Å². The molecule has 0 aliphatic carbocycles. The molecule has 0 spiro atoms. The number of piperidine rings is 1. The number of likely N-dealkylation sites (tertiary alicyclic amines) is 1. The molecule has 4 heteroatoms. The average molecular weight is 291 g/mol. The molecule has 0 bridgehead atoms. The van der Waals surface area contributed by atoms with Crippen LogP contribution in [0.1, 0.15) is 25.3 Å². The molecular weight excluding hydrogens is 270 g/mol. The van der Waals surface area contributed by atoms with E-state index in [1.807, 2.05) is 11.8 Å². The van der Waals surface area contributed by atoms with Crippen LogP contribution in [0.25, 0.3) is 0 Å². The number of hydrogen-bond acceptors (Lipinski definition) is 3. The van der Waals surface area contributed by atoms with Crippen LogP contribution in [-0.2, 0) is 11.2 Å². The summed E-state index contributed by atoms with van der Waals surface area (Å²) in [6.45, 7) is 3.89. The van der Waals surface area contributed by atoms with Crippen molar-refractivity contribution in [2.45, 2.75) is 42.4 Å². The zero-order chi connectivity index (χ0) is 14.1. The summed E-state index contributed by atoms with van der Waals surface area (Å²) < 4.78 is 0. The van der Waals surface area contributed by atoms with Crippen molar-refractivity contribution in [3.8, 4) is 0 Å². The molecule has 1 saturated heterocycles. The minimum Gasteiger partial charge on any atom is -0.480 e. The Kier molecular flexibility index (Phi) is 4.03. The van der Waals surface area contributed by atoms with Gasteiger partial charge in [-0.05, 0) is 43.4 Å². The van der Waals surface area contributed by atoms with Crippen LogP contribution in [0.15, 0.2) is 29.2 Å². The van der Waals surface area contributed by atoms with Crippen LogP contribution in [0, 0.1) is 5.92 Å². The standard InChI is InChI=1S/C16H21NO2S/c1-11-5-4-8-17(15(11)16(18)19)10-13-9-12-6-2-3-7-14(12)20-13/h2-3,6-7,11,13,15H,4-5,8-10H2,1H3,(H,18,19). The van der Waals surface area contributed by atoms with Gasteiger partial charge in [0.05, 0.1) is 0 Å². The second-order valence-electron chi connectivity index (χ2n) is 5.95. The number of carbonyl (C=O) groups is 1. The van der Waals surface area contributed by atoms with Gasteiger partial charge in [-0.2, -0.15) is 0 Å². The third kappa shape index (κ3) is 2.72. The smallest absolute Gasteiger partial charge is 0.321 e. The van der Waals surface area contributed by atoms with Crippen LogP contribution in [0.2, 0.25) is 0 Å². The van der Waals surface area contributed by atoms with Gasteiger partial charge in [-0.1, -0.05) is 25.1 Å². The van der Waals surface area contributed by atoms with Crippen molar-refractivity contribution >= 4 is 17.7 Å². The molecule has 0 saturated carbocycles. The van der Waals surface area contributed by atoms with E-state index in [2.05, 4.69) is 36.1 Å². The molecule has 1 fully saturated rings. The number of rotatable bonds is 3. The number of thioether (sulfide) groups is 1. The molecule has 2 aliphatic heterocycles. The highest BCUT2D eigenvalue weighted by Crippen LogP contribution is 2.38. The van der Waals surface area contributed by atoms with E-state index < -0.39 is 5.97 Å². The van der Waals surface area contributed by atoms with Crippen molar-refractivity contribution < 1.29 is 9.90 Å². The Morgan fingerprint density at radius 2 is 2.25 bits per heavy atom. The van der Waals surface area contributed by atoms with E-state index in [1.54, 1.807) is 0 Å². The van der Waals surface area contributed by atoms with E-state index in [1.165, 1.54) is 10.5 Å². The number of fused-ring (bicyclic) bond motifs is 1.